The number of thiophene rings is 1. The minimum Gasteiger partial charge on any atom is -0.383 e. The van der Waals surface area contributed by atoms with Crippen LogP contribution in [0.4, 0.5) is 5.82 Å². The molecule has 1 aliphatic rings. The van der Waals surface area contributed by atoms with Gasteiger partial charge in [0.15, 0.2) is 5.82 Å². The number of carbonyl (C=O) groups excluding carboxylic acids is 1. The summed E-state index contributed by atoms with van der Waals surface area (Å²) in [6.45, 7) is 9.79. The molecule has 154 valence electrons. The van der Waals surface area contributed by atoms with Crippen molar-refractivity contribution in [3.63, 3.8) is 0 Å². The summed E-state index contributed by atoms with van der Waals surface area (Å²) >= 11 is 1.36. The molecule has 1 aliphatic heterocycles. The summed E-state index contributed by atoms with van der Waals surface area (Å²) < 4.78 is 0. The number of carbonyl (C=O) groups is 1. The second kappa shape index (κ2) is 7.71. The standard InChI is InChI=1S/C23H25N5OS/c1-5-15-7-6-8-16(13-15)20-25-19(24)17-14-18(30-21(17)26-20)22(29)27-9-11-28(12-10-27)23(2,3)4/h1,6-8,13-14H,9-12H2,2-4H3,(H2,24,25,26). The van der Waals surface area contributed by atoms with E-state index >= 15 is 0 Å². The summed E-state index contributed by atoms with van der Waals surface area (Å²) in [5.74, 6) is 3.53. The number of amides is 1. The minimum absolute atomic E-state index is 0.0295. The molecule has 0 radical (unpaired) electrons. The second-order valence-corrected chi connectivity index (χ2v) is 9.47. The van der Waals surface area contributed by atoms with Crippen molar-refractivity contribution in [1.29, 1.82) is 0 Å². The Morgan fingerprint density at radius 3 is 2.57 bits per heavy atom. The molecule has 2 aromatic heterocycles. The van der Waals surface area contributed by atoms with Crippen LogP contribution in [0.15, 0.2) is 30.3 Å². The molecule has 1 aromatic carbocycles. The molecule has 30 heavy (non-hydrogen) atoms. The Morgan fingerprint density at radius 1 is 1.17 bits per heavy atom. The van der Waals surface area contributed by atoms with Crippen molar-refractivity contribution < 1.29 is 4.79 Å². The number of anilines is 1. The summed E-state index contributed by atoms with van der Waals surface area (Å²) in [4.78, 5) is 27.8. The molecule has 1 amide bonds. The number of nitrogen functional groups attached to an aromatic ring is 1. The van der Waals surface area contributed by atoms with Gasteiger partial charge in [-0.15, -0.1) is 17.8 Å². The van der Waals surface area contributed by atoms with Gasteiger partial charge in [0.05, 0.1) is 10.3 Å². The van der Waals surface area contributed by atoms with Gasteiger partial charge in [-0.2, -0.15) is 0 Å². The third-order valence-electron chi connectivity index (χ3n) is 5.44. The van der Waals surface area contributed by atoms with Crippen LogP contribution in [-0.2, 0) is 0 Å². The van der Waals surface area contributed by atoms with Crippen molar-refractivity contribution in [2.24, 2.45) is 0 Å². The molecular weight excluding hydrogens is 394 g/mol. The quantitative estimate of drug-likeness (QED) is 0.644. The predicted molar refractivity (Wildman–Crippen MR) is 122 cm³/mol. The number of rotatable bonds is 2. The van der Waals surface area contributed by atoms with Crippen molar-refractivity contribution in [3.8, 4) is 23.7 Å². The van der Waals surface area contributed by atoms with Gasteiger partial charge in [-0.1, -0.05) is 18.1 Å². The molecule has 0 saturated carbocycles. The highest BCUT2D eigenvalue weighted by atomic mass is 32.1. The van der Waals surface area contributed by atoms with Crippen LogP contribution in [0.1, 0.15) is 36.0 Å². The van der Waals surface area contributed by atoms with Crippen molar-refractivity contribution in [1.82, 2.24) is 19.8 Å². The molecular formula is C23H25N5OS. The fourth-order valence-electron chi connectivity index (χ4n) is 3.66. The van der Waals surface area contributed by atoms with Crippen LogP contribution in [-0.4, -0.2) is 57.4 Å². The molecule has 3 heterocycles. The topological polar surface area (TPSA) is 75.3 Å². The monoisotopic (exact) mass is 419 g/mol. The number of nitrogens with two attached hydrogens (primary N) is 1. The summed E-state index contributed by atoms with van der Waals surface area (Å²) in [6.07, 6.45) is 5.50. The number of benzene rings is 1. The van der Waals surface area contributed by atoms with Crippen LogP contribution in [0.5, 0.6) is 0 Å². The van der Waals surface area contributed by atoms with E-state index < -0.39 is 0 Å². The number of nitrogens with zero attached hydrogens (tertiary/aromatic N) is 4. The fourth-order valence-corrected chi connectivity index (χ4v) is 4.67. The maximum Gasteiger partial charge on any atom is 0.264 e. The van der Waals surface area contributed by atoms with Gasteiger partial charge in [0.25, 0.3) is 5.91 Å². The first-order valence-corrected chi connectivity index (χ1v) is 10.8. The molecule has 0 aliphatic carbocycles. The lowest BCUT2D eigenvalue weighted by molar-refractivity contribution is 0.0455. The molecule has 2 N–H and O–H groups in total. The summed E-state index contributed by atoms with van der Waals surface area (Å²) in [7, 11) is 0. The van der Waals surface area contributed by atoms with Crippen LogP contribution in [0.2, 0.25) is 0 Å². The lowest BCUT2D eigenvalue weighted by Crippen LogP contribution is -2.54. The largest absolute Gasteiger partial charge is 0.383 e. The molecule has 4 rings (SSSR count). The van der Waals surface area contributed by atoms with Crippen molar-refractivity contribution in [2.45, 2.75) is 26.3 Å². The SMILES string of the molecule is C#Cc1cccc(-c2nc(N)c3cc(C(=O)N4CCN(C(C)(C)C)CC4)sc3n2)c1. The van der Waals surface area contributed by atoms with Crippen molar-refractivity contribution in [2.75, 3.05) is 31.9 Å². The maximum absolute atomic E-state index is 13.1. The number of fused-ring (bicyclic) bond motifs is 1. The molecule has 0 atom stereocenters. The average molecular weight is 420 g/mol. The Hall–Kier alpha value is -2.95. The van der Waals surface area contributed by atoms with E-state index in [4.69, 9.17) is 12.2 Å². The molecule has 0 unspecified atom stereocenters. The van der Waals surface area contributed by atoms with Gasteiger partial charge in [-0.3, -0.25) is 9.69 Å². The van der Waals surface area contributed by atoms with Gasteiger partial charge >= 0.3 is 0 Å². The van der Waals surface area contributed by atoms with E-state index in [-0.39, 0.29) is 11.4 Å². The van der Waals surface area contributed by atoms with E-state index in [1.165, 1.54) is 11.3 Å². The van der Waals surface area contributed by atoms with E-state index in [2.05, 4.69) is 41.6 Å². The van der Waals surface area contributed by atoms with Gasteiger partial charge in [0.2, 0.25) is 0 Å². The number of piperazine rings is 1. The zero-order valence-corrected chi connectivity index (χ0v) is 18.3. The maximum atomic E-state index is 13.1. The minimum atomic E-state index is 0.0295. The Balaban J connectivity index is 1.60. The predicted octanol–water partition coefficient (Wildman–Crippen LogP) is 3.48. The van der Waals surface area contributed by atoms with Gasteiger partial charge in [0, 0.05) is 42.8 Å². The van der Waals surface area contributed by atoms with Crippen LogP contribution in [0.3, 0.4) is 0 Å². The Labute approximate surface area is 180 Å². The van der Waals surface area contributed by atoms with Gasteiger partial charge < -0.3 is 10.6 Å². The molecule has 0 spiro atoms. The highest BCUT2D eigenvalue weighted by Gasteiger charge is 2.29. The van der Waals surface area contributed by atoms with E-state index in [9.17, 15) is 4.79 Å². The average Bonchev–Trinajstić information content (AvgIpc) is 3.17. The van der Waals surface area contributed by atoms with Crippen LogP contribution < -0.4 is 5.73 Å². The lowest BCUT2D eigenvalue weighted by Gasteiger charge is -2.42. The molecule has 0 bridgehead atoms. The smallest absolute Gasteiger partial charge is 0.264 e. The number of hydrogen-bond acceptors (Lipinski definition) is 6. The summed E-state index contributed by atoms with van der Waals surface area (Å²) in [5, 5.41) is 0.716. The molecule has 3 aromatic rings. The Bertz CT molecular complexity index is 1150. The number of terminal acetylenes is 1. The zero-order valence-electron chi connectivity index (χ0n) is 17.5. The van der Waals surface area contributed by atoms with Crippen LogP contribution in [0, 0.1) is 12.3 Å². The second-order valence-electron chi connectivity index (χ2n) is 8.44. The molecule has 1 saturated heterocycles. The van der Waals surface area contributed by atoms with E-state index in [1.54, 1.807) is 0 Å². The third-order valence-corrected chi connectivity index (χ3v) is 6.45. The molecule has 6 nitrogen and oxygen atoms in total. The Kier molecular flexibility index (Phi) is 5.22. The molecule has 1 fully saturated rings. The first-order chi connectivity index (χ1) is 14.3. The van der Waals surface area contributed by atoms with Crippen LogP contribution >= 0.6 is 11.3 Å². The highest BCUT2D eigenvalue weighted by Crippen LogP contribution is 2.31. The van der Waals surface area contributed by atoms with Crippen molar-refractivity contribution in [3.05, 3.63) is 40.8 Å². The van der Waals surface area contributed by atoms with Crippen LogP contribution in [0.25, 0.3) is 21.6 Å². The van der Waals surface area contributed by atoms with E-state index in [0.717, 1.165) is 37.3 Å². The fraction of sp³-hybridized carbons (Fsp3) is 0.348. The first-order valence-electron chi connectivity index (χ1n) is 9.94. The summed E-state index contributed by atoms with van der Waals surface area (Å²) in [6, 6.07) is 9.29. The number of hydrogen-bond donors (Lipinski definition) is 1. The van der Waals surface area contributed by atoms with Crippen molar-refractivity contribution >= 4 is 33.3 Å². The van der Waals surface area contributed by atoms with Gasteiger partial charge in [-0.05, 0) is 39.0 Å². The highest BCUT2D eigenvalue weighted by molar-refractivity contribution is 7.20. The van der Waals surface area contributed by atoms with E-state index in [0.29, 0.717) is 26.7 Å². The number of aromatic nitrogens is 2. The lowest BCUT2D eigenvalue weighted by atomic mass is 10.0. The van der Waals surface area contributed by atoms with Gasteiger partial charge in [0.1, 0.15) is 10.6 Å². The zero-order chi connectivity index (χ0) is 21.5. The summed E-state index contributed by atoms with van der Waals surface area (Å²) in [5.41, 5.74) is 7.88. The molecule has 7 heteroatoms. The first kappa shape index (κ1) is 20.3. The third kappa shape index (κ3) is 3.89. The normalized spacial score (nSPS) is 15.3. The van der Waals surface area contributed by atoms with Gasteiger partial charge in [-0.25, -0.2) is 9.97 Å². The Morgan fingerprint density at radius 2 is 1.90 bits per heavy atom. The van der Waals surface area contributed by atoms with E-state index in [1.807, 2.05) is 35.2 Å².